The highest BCUT2D eigenvalue weighted by atomic mass is 16.5. The molecule has 3 nitrogen and oxygen atoms in total. The first-order chi connectivity index (χ1) is 7.79. The first-order valence-corrected chi connectivity index (χ1v) is 5.75. The Balaban J connectivity index is 2.64. The second kappa shape index (κ2) is 7.39. The summed E-state index contributed by atoms with van der Waals surface area (Å²) in [6.07, 6.45) is 0.718. The topological polar surface area (TPSA) is 49.7 Å². The minimum absolute atomic E-state index is 0.286. The number of benzene rings is 1. The van der Waals surface area contributed by atoms with Gasteiger partial charge in [-0.25, -0.2) is 0 Å². The standard InChI is InChI=1S/C13H20O3/c1-2-3-9-16-13(12(15)10-14)11-7-5-4-6-8-11/h4-8,12-15H,2-3,9-10H2,1H3. The molecule has 0 amide bonds. The fraction of sp³-hybridized carbons (Fsp3) is 0.538. The number of ether oxygens (including phenoxy) is 1. The summed E-state index contributed by atoms with van der Waals surface area (Å²) in [5, 5.41) is 18.7. The molecule has 0 radical (unpaired) electrons. The van der Waals surface area contributed by atoms with Crippen LogP contribution in [-0.4, -0.2) is 29.5 Å². The maximum atomic E-state index is 9.70. The molecule has 2 atom stereocenters. The number of hydrogen-bond donors (Lipinski definition) is 2. The maximum absolute atomic E-state index is 9.70. The molecule has 3 heteroatoms. The summed E-state index contributed by atoms with van der Waals surface area (Å²) in [6, 6.07) is 9.51. The Kier molecular flexibility index (Phi) is 6.08. The summed E-state index contributed by atoms with van der Waals surface area (Å²) in [5.74, 6) is 0. The molecule has 0 bridgehead atoms. The molecular weight excluding hydrogens is 204 g/mol. The molecule has 2 N–H and O–H groups in total. The SMILES string of the molecule is CCCCOC(c1ccccc1)C(O)CO. The quantitative estimate of drug-likeness (QED) is 0.695. The van der Waals surface area contributed by atoms with Crippen molar-refractivity contribution in [2.24, 2.45) is 0 Å². The molecule has 0 aliphatic heterocycles. The monoisotopic (exact) mass is 224 g/mol. The van der Waals surface area contributed by atoms with Crippen molar-refractivity contribution in [2.45, 2.75) is 32.0 Å². The van der Waals surface area contributed by atoms with E-state index < -0.39 is 12.2 Å². The third kappa shape index (κ3) is 3.93. The van der Waals surface area contributed by atoms with Gasteiger partial charge in [0.2, 0.25) is 0 Å². The van der Waals surface area contributed by atoms with Crippen LogP contribution in [0.2, 0.25) is 0 Å². The van der Waals surface area contributed by atoms with E-state index in [2.05, 4.69) is 6.92 Å². The van der Waals surface area contributed by atoms with Crippen LogP contribution in [0.1, 0.15) is 31.4 Å². The average molecular weight is 224 g/mol. The Labute approximate surface area is 96.7 Å². The lowest BCUT2D eigenvalue weighted by Gasteiger charge is -2.22. The van der Waals surface area contributed by atoms with Gasteiger partial charge in [-0.2, -0.15) is 0 Å². The molecule has 1 aromatic carbocycles. The van der Waals surface area contributed by atoms with E-state index in [0.717, 1.165) is 18.4 Å². The largest absolute Gasteiger partial charge is 0.394 e. The molecule has 0 heterocycles. The number of aliphatic hydroxyl groups is 2. The van der Waals surface area contributed by atoms with Crippen molar-refractivity contribution in [3.63, 3.8) is 0 Å². The molecule has 0 aliphatic carbocycles. The zero-order valence-corrected chi connectivity index (χ0v) is 9.67. The molecule has 2 unspecified atom stereocenters. The van der Waals surface area contributed by atoms with Crippen LogP contribution >= 0.6 is 0 Å². The van der Waals surface area contributed by atoms with E-state index >= 15 is 0 Å². The minimum atomic E-state index is -0.862. The van der Waals surface area contributed by atoms with Gasteiger partial charge in [0.15, 0.2) is 0 Å². The molecule has 0 aromatic heterocycles. The normalized spacial score (nSPS) is 14.7. The minimum Gasteiger partial charge on any atom is -0.394 e. The number of aliphatic hydroxyl groups excluding tert-OH is 2. The van der Waals surface area contributed by atoms with Gasteiger partial charge in [0, 0.05) is 6.61 Å². The first kappa shape index (κ1) is 13.2. The Morgan fingerprint density at radius 3 is 2.50 bits per heavy atom. The van der Waals surface area contributed by atoms with E-state index in [4.69, 9.17) is 9.84 Å². The third-order valence-electron chi connectivity index (χ3n) is 2.46. The van der Waals surface area contributed by atoms with Crippen molar-refractivity contribution in [1.29, 1.82) is 0 Å². The molecule has 1 rings (SSSR count). The zero-order valence-electron chi connectivity index (χ0n) is 9.67. The molecule has 0 fully saturated rings. The molecule has 0 spiro atoms. The Morgan fingerprint density at radius 2 is 1.94 bits per heavy atom. The van der Waals surface area contributed by atoms with Crippen molar-refractivity contribution < 1.29 is 14.9 Å². The lowest BCUT2D eigenvalue weighted by atomic mass is 10.0. The van der Waals surface area contributed by atoms with Crippen molar-refractivity contribution in [1.82, 2.24) is 0 Å². The van der Waals surface area contributed by atoms with Crippen molar-refractivity contribution in [3.8, 4) is 0 Å². The highest BCUT2D eigenvalue weighted by Gasteiger charge is 2.20. The smallest absolute Gasteiger partial charge is 0.111 e. The van der Waals surface area contributed by atoms with Crippen LogP contribution in [0, 0.1) is 0 Å². The predicted molar refractivity (Wildman–Crippen MR) is 63.1 cm³/mol. The van der Waals surface area contributed by atoms with Crippen LogP contribution in [-0.2, 0) is 4.74 Å². The highest BCUT2D eigenvalue weighted by Crippen LogP contribution is 2.21. The molecule has 0 saturated carbocycles. The second-order valence-electron chi connectivity index (χ2n) is 3.81. The van der Waals surface area contributed by atoms with E-state index in [9.17, 15) is 5.11 Å². The van der Waals surface area contributed by atoms with Gasteiger partial charge in [-0.3, -0.25) is 0 Å². The maximum Gasteiger partial charge on any atom is 0.111 e. The van der Waals surface area contributed by atoms with Crippen LogP contribution in [0.25, 0.3) is 0 Å². The second-order valence-corrected chi connectivity index (χ2v) is 3.81. The lowest BCUT2D eigenvalue weighted by molar-refractivity contribution is -0.0606. The fourth-order valence-corrected chi connectivity index (χ4v) is 1.52. The Hall–Kier alpha value is -0.900. The summed E-state index contributed by atoms with van der Waals surface area (Å²) in [4.78, 5) is 0. The summed E-state index contributed by atoms with van der Waals surface area (Å²) in [7, 11) is 0. The van der Waals surface area contributed by atoms with Crippen LogP contribution in [0.3, 0.4) is 0 Å². The predicted octanol–water partition coefficient (Wildman–Crippen LogP) is 1.90. The van der Waals surface area contributed by atoms with Crippen LogP contribution in [0.4, 0.5) is 0 Å². The van der Waals surface area contributed by atoms with Crippen molar-refractivity contribution in [3.05, 3.63) is 35.9 Å². The highest BCUT2D eigenvalue weighted by molar-refractivity contribution is 5.18. The summed E-state index contributed by atoms with van der Waals surface area (Å²) < 4.78 is 5.61. The zero-order chi connectivity index (χ0) is 11.8. The van der Waals surface area contributed by atoms with Gasteiger partial charge < -0.3 is 14.9 Å². The molecule has 16 heavy (non-hydrogen) atoms. The average Bonchev–Trinajstić information content (AvgIpc) is 2.35. The van der Waals surface area contributed by atoms with Gasteiger partial charge in [-0.15, -0.1) is 0 Å². The van der Waals surface area contributed by atoms with Gasteiger partial charge in [0.1, 0.15) is 12.2 Å². The molecule has 0 aliphatic rings. The van der Waals surface area contributed by atoms with Gasteiger partial charge >= 0.3 is 0 Å². The van der Waals surface area contributed by atoms with Gasteiger partial charge in [0.25, 0.3) is 0 Å². The van der Waals surface area contributed by atoms with Gasteiger partial charge in [-0.1, -0.05) is 43.7 Å². The molecule has 1 aromatic rings. The summed E-state index contributed by atoms with van der Waals surface area (Å²) in [5.41, 5.74) is 0.903. The van der Waals surface area contributed by atoms with Crippen molar-refractivity contribution in [2.75, 3.05) is 13.2 Å². The fourth-order valence-electron chi connectivity index (χ4n) is 1.52. The lowest BCUT2D eigenvalue weighted by Crippen LogP contribution is -2.25. The van der Waals surface area contributed by atoms with Crippen LogP contribution in [0.15, 0.2) is 30.3 Å². The number of hydrogen-bond acceptors (Lipinski definition) is 3. The van der Waals surface area contributed by atoms with E-state index in [-0.39, 0.29) is 6.61 Å². The first-order valence-electron chi connectivity index (χ1n) is 5.75. The van der Waals surface area contributed by atoms with E-state index in [1.165, 1.54) is 0 Å². The Morgan fingerprint density at radius 1 is 1.25 bits per heavy atom. The van der Waals surface area contributed by atoms with Gasteiger partial charge in [0.05, 0.1) is 6.61 Å². The number of unbranched alkanes of at least 4 members (excludes halogenated alkanes) is 1. The molecule has 0 saturated heterocycles. The van der Waals surface area contributed by atoms with Crippen LogP contribution in [0.5, 0.6) is 0 Å². The number of rotatable bonds is 7. The summed E-state index contributed by atoms with van der Waals surface area (Å²) in [6.45, 7) is 2.40. The van der Waals surface area contributed by atoms with Gasteiger partial charge in [-0.05, 0) is 12.0 Å². The molecule has 90 valence electrons. The molecular formula is C13H20O3. The van der Waals surface area contributed by atoms with Crippen molar-refractivity contribution >= 4 is 0 Å². The Bertz CT molecular complexity index is 274. The third-order valence-corrected chi connectivity index (χ3v) is 2.46. The van der Waals surface area contributed by atoms with E-state index in [1.54, 1.807) is 0 Å². The van der Waals surface area contributed by atoms with Crippen LogP contribution < -0.4 is 0 Å². The van der Waals surface area contributed by atoms with E-state index in [0.29, 0.717) is 6.61 Å². The van der Waals surface area contributed by atoms with E-state index in [1.807, 2.05) is 30.3 Å². The summed E-state index contributed by atoms with van der Waals surface area (Å²) >= 11 is 0.